The second-order valence-corrected chi connectivity index (χ2v) is 15.2. The smallest absolute Gasteiger partial charge is 0.390 e. The van der Waals surface area contributed by atoms with Crippen molar-refractivity contribution in [2.45, 2.75) is 38.5 Å². The third-order valence-electron chi connectivity index (χ3n) is 5.33. The SMILES string of the molecule is C=CC(=O)N1CCOC[C@H]1c1cc(Cl)cc(-c2cn(COCC[Si](C)(C)C)c([N+](=O)[O-])n2)c1. The van der Waals surface area contributed by atoms with Crippen molar-refractivity contribution in [2.24, 2.45) is 0 Å². The minimum Gasteiger partial charge on any atom is -0.390 e. The third kappa shape index (κ3) is 6.50. The number of halogens is 1. The molecule has 0 radical (unpaired) electrons. The highest BCUT2D eigenvalue weighted by atomic mass is 35.5. The number of hydrogen-bond acceptors (Lipinski definition) is 6. The number of nitrogens with zero attached hydrogens (tertiary/aromatic N) is 4. The van der Waals surface area contributed by atoms with Gasteiger partial charge in [-0.2, -0.15) is 0 Å². The molecule has 178 valence electrons. The fourth-order valence-electron chi connectivity index (χ4n) is 3.54. The molecule has 1 aromatic carbocycles. The van der Waals surface area contributed by atoms with Gasteiger partial charge in [0, 0.05) is 31.8 Å². The summed E-state index contributed by atoms with van der Waals surface area (Å²) < 4.78 is 12.7. The Bertz CT molecular complexity index is 1040. The van der Waals surface area contributed by atoms with Gasteiger partial charge in [-0.1, -0.05) is 42.8 Å². The zero-order chi connectivity index (χ0) is 24.2. The molecule has 1 saturated heterocycles. The van der Waals surface area contributed by atoms with Crippen LogP contribution in [0.25, 0.3) is 11.3 Å². The summed E-state index contributed by atoms with van der Waals surface area (Å²) in [5, 5.41) is 12.0. The van der Waals surface area contributed by atoms with Gasteiger partial charge in [0.05, 0.1) is 19.3 Å². The van der Waals surface area contributed by atoms with Crippen LogP contribution in [0.1, 0.15) is 11.6 Å². The summed E-state index contributed by atoms with van der Waals surface area (Å²) in [5.41, 5.74) is 1.77. The van der Waals surface area contributed by atoms with Crippen LogP contribution in [0.4, 0.5) is 5.95 Å². The van der Waals surface area contributed by atoms with Crippen molar-refractivity contribution < 1.29 is 19.2 Å². The van der Waals surface area contributed by atoms with Gasteiger partial charge in [0.2, 0.25) is 5.91 Å². The maximum Gasteiger partial charge on any atom is 0.437 e. The highest BCUT2D eigenvalue weighted by Gasteiger charge is 2.29. The lowest BCUT2D eigenvalue weighted by Gasteiger charge is -2.35. The lowest BCUT2D eigenvalue weighted by molar-refractivity contribution is -0.397. The first-order valence-electron chi connectivity index (χ1n) is 10.7. The average Bonchev–Trinajstić information content (AvgIpc) is 3.20. The van der Waals surface area contributed by atoms with Gasteiger partial charge in [0.25, 0.3) is 0 Å². The largest absolute Gasteiger partial charge is 0.437 e. The van der Waals surface area contributed by atoms with E-state index in [1.54, 1.807) is 23.2 Å². The van der Waals surface area contributed by atoms with Gasteiger partial charge in [-0.05, 0) is 40.8 Å². The zero-order valence-corrected chi connectivity index (χ0v) is 20.9. The van der Waals surface area contributed by atoms with E-state index in [0.717, 1.165) is 11.6 Å². The molecule has 2 heterocycles. The fourth-order valence-corrected chi connectivity index (χ4v) is 4.54. The number of nitro groups is 1. The number of imidazole rings is 1. The molecule has 0 N–H and O–H groups in total. The predicted molar refractivity (Wildman–Crippen MR) is 129 cm³/mol. The Hall–Kier alpha value is -2.53. The van der Waals surface area contributed by atoms with Crippen molar-refractivity contribution in [1.82, 2.24) is 14.5 Å². The molecule has 33 heavy (non-hydrogen) atoms. The minimum absolute atomic E-state index is 0.0410. The second-order valence-electron chi connectivity index (χ2n) is 9.10. The molecule has 1 atom stereocenters. The van der Waals surface area contributed by atoms with Crippen LogP contribution in [0.2, 0.25) is 30.7 Å². The molecule has 0 saturated carbocycles. The van der Waals surface area contributed by atoms with Gasteiger partial charge in [-0.15, -0.1) is 0 Å². The van der Waals surface area contributed by atoms with E-state index in [0.29, 0.717) is 42.6 Å². The number of ether oxygens (including phenoxy) is 2. The third-order valence-corrected chi connectivity index (χ3v) is 7.25. The number of hydrogen-bond donors (Lipinski definition) is 0. The van der Waals surface area contributed by atoms with Crippen molar-refractivity contribution in [3.8, 4) is 11.3 Å². The Morgan fingerprint density at radius 2 is 2.18 bits per heavy atom. The summed E-state index contributed by atoms with van der Waals surface area (Å²) >= 11 is 6.38. The molecule has 11 heteroatoms. The predicted octanol–water partition coefficient (Wildman–Crippen LogP) is 4.51. The Kier molecular flexibility index (Phi) is 8.06. The lowest BCUT2D eigenvalue weighted by Crippen LogP contribution is -2.42. The molecule has 0 spiro atoms. The first-order chi connectivity index (χ1) is 15.6. The van der Waals surface area contributed by atoms with Crippen molar-refractivity contribution in [3.05, 3.63) is 57.8 Å². The maximum atomic E-state index is 12.3. The summed E-state index contributed by atoms with van der Waals surface area (Å²) in [4.78, 5) is 29.2. The fraction of sp³-hybridized carbons (Fsp3) is 0.455. The summed E-state index contributed by atoms with van der Waals surface area (Å²) in [5.74, 6) is -0.496. The van der Waals surface area contributed by atoms with Crippen LogP contribution in [0.15, 0.2) is 37.1 Å². The number of carbonyl (C=O) groups is 1. The van der Waals surface area contributed by atoms with E-state index in [4.69, 9.17) is 21.1 Å². The molecule has 3 rings (SSSR count). The van der Waals surface area contributed by atoms with E-state index in [2.05, 4.69) is 31.2 Å². The lowest BCUT2D eigenvalue weighted by atomic mass is 10.0. The van der Waals surface area contributed by atoms with E-state index in [9.17, 15) is 14.9 Å². The Balaban J connectivity index is 1.88. The molecule has 1 amide bonds. The highest BCUT2D eigenvalue weighted by molar-refractivity contribution is 6.76. The van der Waals surface area contributed by atoms with Crippen LogP contribution in [0.3, 0.4) is 0 Å². The zero-order valence-electron chi connectivity index (χ0n) is 19.1. The molecule has 9 nitrogen and oxygen atoms in total. The van der Waals surface area contributed by atoms with Gasteiger partial charge in [-0.3, -0.25) is 4.79 Å². The molecule has 1 aliphatic rings. The minimum atomic E-state index is -1.27. The normalized spacial score (nSPS) is 16.6. The van der Waals surface area contributed by atoms with Crippen LogP contribution < -0.4 is 0 Å². The van der Waals surface area contributed by atoms with Crippen LogP contribution in [-0.2, 0) is 21.0 Å². The van der Waals surface area contributed by atoms with Crippen molar-refractivity contribution >= 4 is 31.5 Å². The topological polar surface area (TPSA) is 99.7 Å². The molecule has 0 aliphatic carbocycles. The van der Waals surface area contributed by atoms with E-state index in [-0.39, 0.29) is 24.6 Å². The summed E-state index contributed by atoms with van der Waals surface area (Å²) in [6.07, 6.45) is 2.86. The second kappa shape index (κ2) is 10.6. The van der Waals surface area contributed by atoms with Gasteiger partial charge in [0.1, 0.15) is 6.20 Å². The molecule has 1 aliphatic heterocycles. The molecular weight excluding hydrogens is 464 g/mol. The molecule has 0 bridgehead atoms. The Morgan fingerprint density at radius 3 is 2.85 bits per heavy atom. The average molecular weight is 493 g/mol. The molecule has 1 fully saturated rings. The van der Waals surface area contributed by atoms with Crippen molar-refractivity contribution in [1.29, 1.82) is 0 Å². The number of aromatic nitrogens is 2. The number of carbonyl (C=O) groups excluding carboxylic acids is 1. The summed E-state index contributed by atoms with van der Waals surface area (Å²) in [6.45, 7) is 12.1. The monoisotopic (exact) mass is 492 g/mol. The maximum absolute atomic E-state index is 12.3. The first-order valence-corrected chi connectivity index (χ1v) is 14.8. The van der Waals surface area contributed by atoms with E-state index in [1.165, 1.54) is 10.6 Å². The van der Waals surface area contributed by atoms with E-state index < -0.39 is 13.0 Å². The highest BCUT2D eigenvalue weighted by Crippen LogP contribution is 2.32. The van der Waals surface area contributed by atoms with Crippen LogP contribution in [-0.4, -0.2) is 59.7 Å². The number of amides is 1. The van der Waals surface area contributed by atoms with Crippen LogP contribution in [0.5, 0.6) is 0 Å². The van der Waals surface area contributed by atoms with Gasteiger partial charge in [-0.25, -0.2) is 4.57 Å². The first kappa shape index (κ1) is 25.1. The summed E-state index contributed by atoms with van der Waals surface area (Å²) in [6, 6.07) is 5.90. The van der Waals surface area contributed by atoms with Gasteiger partial charge >= 0.3 is 5.95 Å². The number of morpholine rings is 1. The number of benzene rings is 1. The number of rotatable bonds is 9. The van der Waals surface area contributed by atoms with Crippen LogP contribution in [0, 0.1) is 10.1 Å². The molecule has 2 aromatic rings. The van der Waals surface area contributed by atoms with Gasteiger partial charge < -0.3 is 24.5 Å². The van der Waals surface area contributed by atoms with E-state index >= 15 is 0 Å². The van der Waals surface area contributed by atoms with Crippen molar-refractivity contribution in [2.75, 3.05) is 26.4 Å². The van der Waals surface area contributed by atoms with Crippen LogP contribution >= 0.6 is 11.6 Å². The Morgan fingerprint density at radius 1 is 1.42 bits per heavy atom. The van der Waals surface area contributed by atoms with E-state index in [1.807, 2.05) is 6.07 Å². The van der Waals surface area contributed by atoms with Gasteiger partial charge in [0.15, 0.2) is 12.4 Å². The molecule has 0 unspecified atom stereocenters. The summed E-state index contributed by atoms with van der Waals surface area (Å²) in [7, 11) is -1.27. The molecular formula is C22H29ClN4O5Si. The molecule has 1 aromatic heterocycles. The Labute approximate surface area is 199 Å². The van der Waals surface area contributed by atoms with Crippen molar-refractivity contribution in [3.63, 3.8) is 0 Å². The standard InChI is InChI=1S/C22H29ClN4O5Si/c1-5-21(28)26-6-7-31-14-20(26)17-10-16(11-18(23)12-17)19-13-25(22(24-19)27(29)30)15-32-8-9-33(2,3)4/h5,10-13,20H,1,6-9,14-15H2,2-4H3/t20-/m0/s1. The quantitative estimate of drug-likeness (QED) is 0.168.